The summed E-state index contributed by atoms with van der Waals surface area (Å²) in [7, 11) is 2.48. The van der Waals surface area contributed by atoms with E-state index in [2.05, 4.69) is 10.6 Å². The lowest BCUT2D eigenvalue weighted by Crippen LogP contribution is -2.25. The Morgan fingerprint density at radius 3 is 2.19 bits per heavy atom. The molecule has 3 aromatic carbocycles. The van der Waals surface area contributed by atoms with Crippen LogP contribution in [0.5, 0.6) is 5.75 Å². The number of halogens is 3. The molecule has 0 saturated carbocycles. The standard InChI is InChI=1S/C28H22F3N5O6/c1-13(37)36(3)15-5-6-16(21(9-15)28(29,30)31)17-10-20(23(38)11-18(17)25(39)34-2)24(33)26(40)35-22-7-4-14(12-32)8-19(22)27(41)42/h4-11,33,38H,1-3H3,(H,34,39)(H,35,40)(H,41,42). The molecule has 0 aliphatic rings. The summed E-state index contributed by atoms with van der Waals surface area (Å²) in [5.74, 6) is -4.96. The van der Waals surface area contributed by atoms with Crippen LogP contribution in [0.4, 0.5) is 24.5 Å². The van der Waals surface area contributed by atoms with Gasteiger partial charge in [0.15, 0.2) is 0 Å². The number of nitriles is 1. The minimum Gasteiger partial charge on any atom is -0.507 e. The summed E-state index contributed by atoms with van der Waals surface area (Å²) in [4.78, 5) is 49.9. The number of alkyl halides is 3. The molecule has 216 valence electrons. The molecule has 0 bridgehead atoms. The van der Waals surface area contributed by atoms with Crippen molar-refractivity contribution < 1.29 is 42.6 Å². The van der Waals surface area contributed by atoms with E-state index in [1.165, 1.54) is 26.2 Å². The number of phenols is 1. The van der Waals surface area contributed by atoms with E-state index in [-0.39, 0.29) is 16.9 Å². The van der Waals surface area contributed by atoms with Gasteiger partial charge in [-0.3, -0.25) is 19.8 Å². The normalized spacial score (nSPS) is 10.8. The highest BCUT2D eigenvalue weighted by Gasteiger charge is 2.36. The highest BCUT2D eigenvalue weighted by Crippen LogP contribution is 2.42. The van der Waals surface area contributed by atoms with Gasteiger partial charge in [0, 0.05) is 32.3 Å². The van der Waals surface area contributed by atoms with E-state index in [9.17, 15) is 42.6 Å². The highest BCUT2D eigenvalue weighted by molar-refractivity contribution is 6.48. The van der Waals surface area contributed by atoms with Crippen molar-refractivity contribution in [3.8, 4) is 22.9 Å². The van der Waals surface area contributed by atoms with Gasteiger partial charge in [0.1, 0.15) is 11.5 Å². The van der Waals surface area contributed by atoms with Gasteiger partial charge in [-0.05, 0) is 53.6 Å². The lowest BCUT2D eigenvalue weighted by molar-refractivity contribution is -0.137. The van der Waals surface area contributed by atoms with Crippen LogP contribution in [0.1, 0.15) is 44.3 Å². The van der Waals surface area contributed by atoms with E-state index in [1.54, 1.807) is 6.07 Å². The van der Waals surface area contributed by atoms with Crippen LogP contribution in [0.3, 0.4) is 0 Å². The Morgan fingerprint density at radius 1 is 0.976 bits per heavy atom. The largest absolute Gasteiger partial charge is 0.507 e. The zero-order valence-corrected chi connectivity index (χ0v) is 22.2. The predicted octanol–water partition coefficient (Wildman–Crippen LogP) is 4.00. The smallest absolute Gasteiger partial charge is 0.417 e. The number of anilines is 2. The van der Waals surface area contributed by atoms with Crippen LogP contribution in [0.15, 0.2) is 48.5 Å². The predicted molar refractivity (Wildman–Crippen MR) is 145 cm³/mol. The molecule has 5 N–H and O–H groups in total. The number of aromatic hydroxyl groups is 1. The quantitative estimate of drug-likeness (QED) is 0.261. The van der Waals surface area contributed by atoms with E-state index in [0.717, 1.165) is 42.2 Å². The summed E-state index contributed by atoms with van der Waals surface area (Å²) in [6.45, 7) is 1.16. The molecule has 11 nitrogen and oxygen atoms in total. The molecule has 0 heterocycles. The van der Waals surface area contributed by atoms with Crippen molar-refractivity contribution in [3.05, 3.63) is 76.3 Å². The minimum absolute atomic E-state index is 0.0199. The van der Waals surface area contributed by atoms with Crippen LogP contribution in [0.2, 0.25) is 0 Å². The lowest BCUT2D eigenvalue weighted by Gasteiger charge is -2.21. The van der Waals surface area contributed by atoms with Gasteiger partial charge in [-0.2, -0.15) is 18.4 Å². The summed E-state index contributed by atoms with van der Waals surface area (Å²) in [5.41, 5.74) is -5.01. The molecule has 42 heavy (non-hydrogen) atoms. The fourth-order valence-electron chi connectivity index (χ4n) is 3.93. The number of phenolic OH excluding ortho intramolecular Hbond substituents is 1. The Bertz CT molecular complexity index is 1690. The molecule has 3 aromatic rings. The second-order valence-corrected chi connectivity index (χ2v) is 8.81. The molecule has 0 aliphatic carbocycles. The molecule has 0 radical (unpaired) electrons. The third-order valence-corrected chi connectivity index (χ3v) is 6.19. The van der Waals surface area contributed by atoms with Gasteiger partial charge in [-0.15, -0.1) is 0 Å². The van der Waals surface area contributed by atoms with Crippen molar-refractivity contribution in [2.24, 2.45) is 0 Å². The number of carbonyl (C=O) groups excluding carboxylic acids is 3. The molecular formula is C28H22F3N5O6. The average Bonchev–Trinajstić information content (AvgIpc) is 2.95. The van der Waals surface area contributed by atoms with E-state index >= 15 is 0 Å². The number of benzene rings is 3. The minimum atomic E-state index is -4.98. The Hall–Kier alpha value is -5.71. The van der Waals surface area contributed by atoms with E-state index in [0.29, 0.717) is 6.07 Å². The number of carbonyl (C=O) groups is 4. The molecule has 0 spiro atoms. The maximum Gasteiger partial charge on any atom is 0.417 e. The fraction of sp³-hybridized carbons (Fsp3) is 0.143. The van der Waals surface area contributed by atoms with Crippen molar-refractivity contribution in [2.75, 3.05) is 24.3 Å². The number of nitrogens with zero attached hydrogens (tertiary/aromatic N) is 2. The molecule has 0 saturated heterocycles. The highest BCUT2D eigenvalue weighted by atomic mass is 19.4. The molecule has 0 aromatic heterocycles. The van der Waals surface area contributed by atoms with Crippen LogP contribution in [-0.4, -0.2) is 53.7 Å². The number of nitrogens with one attached hydrogen (secondary N) is 3. The Kier molecular flexibility index (Phi) is 8.66. The number of aromatic carboxylic acids is 1. The number of hydrogen-bond acceptors (Lipinski definition) is 7. The van der Waals surface area contributed by atoms with Crippen LogP contribution in [0.25, 0.3) is 11.1 Å². The lowest BCUT2D eigenvalue weighted by atomic mass is 9.90. The van der Waals surface area contributed by atoms with Gasteiger partial charge in [0.2, 0.25) is 5.91 Å². The Labute approximate surface area is 236 Å². The van der Waals surface area contributed by atoms with Gasteiger partial charge in [0.25, 0.3) is 11.8 Å². The zero-order valence-electron chi connectivity index (χ0n) is 22.2. The van der Waals surface area contributed by atoms with Crippen molar-refractivity contribution in [1.29, 1.82) is 10.7 Å². The second-order valence-electron chi connectivity index (χ2n) is 8.81. The average molecular weight is 582 g/mol. The summed E-state index contributed by atoms with van der Waals surface area (Å²) in [6.07, 6.45) is -4.98. The molecule has 0 atom stereocenters. The maximum atomic E-state index is 14.2. The van der Waals surface area contributed by atoms with Gasteiger partial charge in [-0.25, -0.2) is 4.79 Å². The van der Waals surface area contributed by atoms with Crippen molar-refractivity contribution in [3.63, 3.8) is 0 Å². The number of carboxylic acid groups (broad SMARTS) is 1. The van der Waals surface area contributed by atoms with E-state index in [1.807, 2.05) is 0 Å². The summed E-state index contributed by atoms with van der Waals surface area (Å²) in [6, 6.07) is 9.64. The Morgan fingerprint density at radius 2 is 1.64 bits per heavy atom. The van der Waals surface area contributed by atoms with Crippen LogP contribution < -0.4 is 15.5 Å². The second kappa shape index (κ2) is 11.8. The molecule has 0 unspecified atom stereocenters. The first kappa shape index (κ1) is 30.8. The van der Waals surface area contributed by atoms with Crippen LogP contribution in [-0.2, 0) is 15.8 Å². The monoisotopic (exact) mass is 581 g/mol. The SMILES string of the molecule is CNC(=O)c1cc(O)c(C(=N)C(=O)Nc2ccc(C#N)cc2C(=O)O)cc1-c1ccc(N(C)C(C)=O)cc1C(F)(F)F. The maximum absolute atomic E-state index is 14.2. The number of amides is 3. The van der Waals surface area contributed by atoms with Crippen molar-refractivity contribution >= 4 is 40.8 Å². The summed E-state index contributed by atoms with van der Waals surface area (Å²) >= 11 is 0. The molecule has 0 fully saturated rings. The number of rotatable bonds is 7. The van der Waals surface area contributed by atoms with Crippen LogP contribution >= 0.6 is 0 Å². The van der Waals surface area contributed by atoms with Gasteiger partial charge in [-0.1, -0.05) is 6.07 Å². The molecule has 3 rings (SSSR count). The van der Waals surface area contributed by atoms with Gasteiger partial charge in [0.05, 0.1) is 34.0 Å². The first-order chi connectivity index (χ1) is 19.6. The molecule has 14 heteroatoms. The molecular weight excluding hydrogens is 559 g/mol. The third kappa shape index (κ3) is 6.20. The van der Waals surface area contributed by atoms with Crippen LogP contribution in [0, 0.1) is 16.7 Å². The number of carboxylic acids is 1. The Balaban J connectivity index is 2.19. The zero-order chi connectivity index (χ0) is 31.5. The van der Waals surface area contributed by atoms with Crippen molar-refractivity contribution in [1.82, 2.24) is 5.32 Å². The topological polar surface area (TPSA) is 184 Å². The number of hydrogen-bond donors (Lipinski definition) is 5. The van der Waals surface area contributed by atoms with E-state index < -0.39 is 74.7 Å². The fourth-order valence-corrected chi connectivity index (χ4v) is 3.93. The third-order valence-electron chi connectivity index (χ3n) is 6.19. The molecule has 3 amide bonds. The summed E-state index contributed by atoms with van der Waals surface area (Å²) < 4.78 is 42.7. The first-order valence-corrected chi connectivity index (χ1v) is 11.8. The first-order valence-electron chi connectivity index (χ1n) is 11.8. The van der Waals surface area contributed by atoms with Gasteiger partial charge < -0.3 is 25.7 Å². The molecule has 0 aliphatic heterocycles. The summed E-state index contributed by atoms with van der Waals surface area (Å²) in [5, 5.41) is 41.8. The van der Waals surface area contributed by atoms with Gasteiger partial charge >= 0.3 is 12.1 Å². The van der Waals surface area contributed by atoms with E-state index in [4.69, 9.17) is 10.7 Å². The van der Waals surface area contributed by atoms with Crippen molar-refractivity contribution in [2.45, 2.75) is 13.1 Å².